The Kier molecular flexibility index (Phi) is 2.24. The van der Waals surface area contributed by atoms with Crippen LogP contribution in [0.3, 0.4) is 0 Å². The molecule has 1 aliphatic rings. The molecule has 1 aromatic carbocycles. The molecule has 17 heavy (non-hydrogen) atoms. The molecule has 0 radical (unpaired) electrons. The lowest BCUT2D eigenvalue weighted by Gasteiger charge is -2.04. The minimum absolute atomic E-state index is 0.105. The van der Waals surface area contributed by atoms with Gasteiger partial charge in [-0.25, -0.2) is 9.89 Å². The summed E-state index contributed by atoms with van der Waals surface area (Å²) in [7, 11) is 0. The number of aromatic nitrogens is 3. The summed E-state index contributed by atoms with van der Waals surface area (Å²) in [6.45, 7) is 0. The van der Waals surface area contributed by atoms with E-state index in [2.05, 4.69) is 10.2 Å². The molecule has 3 rings (SSSR count). The molecule has 0 saturated heterocycles. The molecule has 0 aliphatic heterocycles. The molecule has 1 saturated carbocycles. The van der Waals surface area contributed by atoms with E-state index in [1.807, 2.05) is 24.3 Å². The third-order valence-corrected chi connectivity index (χ3v) is 3.00. The number of nitrogens with one attached hydrogen (secondary N) is 1. The van der Waals surface area contributed by atoms with Crippen LogP contribution in [0, 0.1) is 0 Å². The summed E-state index contributed by atoms with van der Waals surface area (Å²) in [5.74, 6) is 0.795. The molecule has 0 spiro atoms. The average molecular weight is 230 g/mol. The second-order valence-electron chi connectivity index (χ2n) is 4.47. The van der Waals surface area contributed by atoms with Gasteiger partial charge in [-0.15, -0.1) is 0 Å². The third kappa shape index (κ3) is 1.95. The van der Waals surface area contributed by atoms with Crippen LogP contribution in [0.2, 0.25) is 0 Å². The fourth-order valence-corrected chi connectivity index (χ4v) is 2.06. The Balaban J connectivity index is 1.92. The highest BCUT2D eigenvalue weighted by molar-refractivity contribution is 5.41. The van der Waals surface area contributed by atoms with Crippen molar-refractivity contribution in [2.75, 3.05) is 5.73 Å². The number of nitrogens with zero attached hydrogens (tertiary/aromatic N) is 2. The molecular weight excluding hydrogens is 216 g/mol. The number of anilines is 1. The monoisotopic (exact) mass is 230 g/mol. The first kappa shape index (κ1) is 10.1. The van der Waals surface area contributed by atoms with E-state index in [0.717, 1.165) is 29.9 Å². The largest absolute Gasteiger partial charge is 0.399 e. The fraction of sp³-hybridized carbons (Fsp3) is 0.333. The first-order valence-electron chi connectivity index (χ1n) is 5.74. The van der Waals surface area contributed by atoms with Crippen LogP contribution in [0.1, 0.15) is 30.3 Å². The van der Waals surface area contributed by atoms with Gasteiger partial charge in [-0.2, -0.15) is 5.10 Å². The Morgan fingerprint density at radius 2 is 2.29 bits per heavy atom. The van der Waals surface area contributed by atoms with Gasteiger partial charge in [0.25, 0.3) is 0 Å². The van der Waals surface area contributed by atoms with Gasteiger partial charge >= 0.3 is 5.69 Å². The number of nitrogens with two attached hydrogens (primary N) is 1. The van der Waals surface area contributed by atoms with Crippen molar-refractivity contribution in [3.63, 3.8) is 0 Å². The van der Waals surface area contributed by atoms with Crippen LogP contribution in [0.25, 0.3) is 0 Å². The van der Waals surface area contributed by atoms with Gasteiger partial charge in [-0.1, -0.05) is 12.1 Å². The number of aromatic amines is 1. The smallest absolute Gasteiger partial charge is 0.343 e. The van der Waals surface area contributed by atoms with E-state index in [-0.39, 0.29) is 5.69 Å². The SMILES string of the molecule is Nc1cccc(Cc2n[nH]c(=O)n2C2CC2)c1. The Hall–Kier alpha value is -2.04. The van der Waals surface area contributed by atoms with Gasteiger partial charge in [0.2, 0.25) is 0 Å². The lowest BCUT2D eigenvalue weighted by molar-refractivity contribution is 0.672. The first-order chi connectivity index (χ1) is 8.24. The van der Waals surface area contributed by atoms with Gasteiger partial charge < -0.3 is 5.73 Å². The molecule has 0 unspecified atom stereocenters. The summed E-state index contributed by atoms with van der Waals surface area (Å²) in [5.41, 5.74) is 7.44. The molecule has 1 fully saturated rings. The van der Waals surface area contributed by atoms with Crippen LogP contribution in [0.5, 0.6) is 0 Å². The minimum Gasteiger partial charge on any atom is -0.399 e. The molecule has 0 bridgehead atoms. The molecule has 1 aliphatic carbocycles. The van der Waals surface area contributed by atoms with E-state index in [1.165, 1.54) is 0 Å². The van der Waals surface area contributed by atoms with Crippen LogP contribution in [-0.2, 0) is 6.42 Å². The van der Waals surface area contributed by atoms with Crippen LogP contribution in [0.4, 0.5) is 5.69 Å². The van der Waals surface area contributed by atoms with Gasteiger partial charge in [0.15, 0.2) is 0 Å². The average Bonchev–Trinajstić information content (AvgIpc) is 3.05. The van der Waals surface area contributed by atoms with E-state index in [1.54, 1.807) is 4.57 Å². The second-order valence-corrected chi connectivity index (χ2v) is 4.47. The van der Waals surface area contributed by atoms with Crippen molar-refractivity contribution in [2.45, 2.75) is 25.3 Å². The Labute approximate surface area is 98.3 Å². The van der Waals surface area contributed by atoms with E-state index in [4.69, 9.17) is 5.73 Å². The number of benzene rings is 1. The summed E-state index contributed by atoms with van der Waals surface area (Å²) in [4.78, 5) is 11.6. The molecule has 0 amide bonds. The lowest BCUT2D eigenvalue weighted by atomic mass is 10.1. The van der Waals surface area contributed by atoms with Crippen molar-refractivity contribution in [3.8, 4) is 0 Å². The van der Waals surface area contributed by atoms with Crippen molar-refractivity contribution >= 4 is 5.69 Å². The zero-order chi connectivity index (χ0) is 11.8. The first-order valence-corrected chi connectivity index (χ1v) is 5.74. The predicted octanol–water partition coefficient (Wildman–Crippen LogP) is 1.08. The van der Waals surface area contributed by atoms with Crippen LogP contribution >= 0.6 is 0 Å². The zero-order valence-electron chi connectivity index (χ0n) is 9.39. The molecule has 0 atom stereocenters. The van der Waals surface area contributed by atoms with Crippen molar-refractivity contribution in [1.82, 2.24) is 14.8 Å². The maximum atomic E-state index is 11.6. The summed E-state index contributed by atoms with van der Waals surface area (Å²) in [5, 5.41) is 6.61. The van der Waals surface area contributed by atoms with E-state index in [0.29, 0.717) is 12.5 Å². The van der Waals surface area contributed by atoms with E-state index in [9.17, 15) is 4.79 Å². The maximum Gasteiger partial charge on any atom is 0.343 e. The summed E-state index contributed by atoms with van der Waals surface area (Å²) in [6, 6.07) is 8.01. The number of H-pyrrole nitrogens is 1. The standard InChI is InChI=1S/C12H14N4O/c13-9-3-1-2-8(6-9)7-11-14-15-12(17)16(11)10-4-5-10/h1-3,6,10H,4-5,7,13H2,(H,15,17). The molecule has 1 heterocycles. The van der Waals surface area contributed by atoms with E-state index < -0.39 is 0 Å². The van der Waals surface area contributed by atoms with Gasteiger partial charge in [-0.3, -0.25) is 4.57 Å². The van der Waals surface area contributed by atoms with Crippen molar-refractivity contribution in [3.05, 3.63) is 46.1 Å². The molecule has 88 valence electrons. The van der Waals surface area contributed by atoms with Gasteiger partial charge in [-0.05, 0) is 30.5 Å². The van der Waals surface area contributed by atoms with Crippen LogP contribution in [-0.4, -0.2) is 14.8 Å². The van der Waals surface area contributed by atoms with Gasteiger partial charge in [0.05, 0.1) is 0 Å². The minimum atomic E-state index is -0.105. The topological polar surface area (TPSA) is 76.7 Å². The number of rotatable bonds is 3. The molecule has 5 nitrogen and oxygen atoms in total. The van der Waals surface area contributed by atoms with Gasteiger partial charge in [0, 0.05) is 18.2 Å². The highest BCUT2D eigenvalue weighted by Crippen LogP contribution is 2.34. The Bertz CT molecular complexity index is 595. The number of nitrogen functional groups attached to an aromatic ring is 1. The highest BCUT2D eigenvalue weighted by atomic mass is 16.1. The Morgan fingerprint density at radius 1 is 1.47 bits per heavy atom. The fourth-order valence-electron chi connectivity index (χ4n) is 2.06. The summed E-state index contributed by atoms with van der Waals surface area (Å²) >= 11 is 0. The normalized spacial score (nSPS) is 15.1. The number of hydrogen-bond donors (Lipinski definition) is 2. The highest BCUT2D eigenvalue weighted by Gasteiger charge is 2.28. The third-order valence-electron chi connectivity index (χ3n) is 3.00. The van der Waals surface area contributed by atoms with E-state index >= 15 is 0 Å². The summed E-state index contributed by atoms with van der Waals surface area (Å²) < 4.78 is 1.77. The maximum absolute atomic E-state index is 11.6. The second kappa shape index (κ2) is 3.76. The molecule has 1 aromatic heterocycles. The van der Waals surface area contributed by atoms with Crippen molar-refractivity contribution in [2.24, 2.45) is 0 Å². The quantitative estimate of drug-likeness (QED) is 0.774. The zero-order valence-corrected chi connectivity index (χ0v) is 9.39. The van der Waals surface area contributed by atoms with Crippen molar-refractivity contribution in [1.29, 1.82) is 0 Å². The van der Waals surface area contributed by atoms with Gasteiger partial charge in [0.1, 0.15) is 5.82 Å². The lowest BCUT2D eigenvalue weighted by Crippen LogP contribution is -2.17. The molecular formula is C12H14N4O. The summed E-state index contributed by atoms with van der Waals surface area (Å²) in [6.07, 6.45) is 2.78. The van der Waals surface area contributed by atoms with Crippen LogP contribution in [0.15, 0.2) is 29.1 Å². The van der Waals surface area contributed by atoms with Crippen molar-refractivity contribution < 1.29 is 0 Å². The predicted molar refractivity (Wildman–Crippen MR) is 64.8 cm³/mol. The number of hydrogen-bond acceptors (Lipinski definition) is 3. The Morgan fingerprint density at radius 3 is 3.00 bits per heavy atom. The molecule has 3 N–H and O–H groups in total. The molecule has 2 aromatic rings. The molecule has 5 heteroatoms. The van der Waals surface area contributed by atoms with Crippen LogP contribution < -0.4 is 11.4 Å².